The first-order valence-corrected chi connectivity index (χ1v) is 12.9. The number of nitrogens with zero attached hydrogens (tertiary/aromatic N) is 3. The zero-order valence-electron chi connectivity index (χ0n) is 19.9. The number of aromatic nitrogens is 2. The largest absolute Gasteiger partial charge is 0.464 e. The van der Waals surface area contributed by atoms with Crippen molar-refractivity contribution in [3.05, 3.63) is 44.8 Å². The van der Waals surface area contributed by atoms with E-state index in [0.29, 0.717) is 29.1 Å². The molecule has 1 saturated carbocycles. The number of carbonyl (C=O) groups excluding carboxylic acids is 1. The third kappa shape index (κ3) is 6.50. The Morgan fingerprint density at radius 3 is 2.71 bits per heavy atom. The third-order valence-electron chi connectivity index (χ3n) is 7.00. The van der Waals surface area contributed by atoms with Gasteiger partial charge >= 0.3 is 0 Å². The highest BCUT2D eigenvalue weighted by Gasteiger charge is 2.27. The molecule has 0 N–H and O–H groups in total. The first-order chi connectivity index (χ1) is 16.2. The summed E-state index contributed by atoms with van der Waals surface area (Å²) in [4.78, 5) is 32.4. The van der Waals surface area contributed by atoms with Gasteiger partial charge in [-0.05, 0) is 50.1 Å². The van der Waals surface area contributed by atoms with E-state index in [1.807, 2.05) is 0 Å². The van der Waals surface area contributed by atoms with Gasteiger partial charge in [-0.3, -0.25) is 14.5 Å². The number of ether oxygens (including phenoxy) is 1. The Hall–Kier alpha value is -2.13. The van der Waals surface area contributed by atoms with E-state index in [2.05, 4.69) is 9.88 Å². The van der Waals surface area contributed by atoms with Crippen LogP contribution in [0.2, 0.25) is 0 Å². The summed E-state index contributed by atoms with van der Waals surface area (Å²) in [5, 5.41) is 0.344. The number of rotatable bonds is 9. The number of hydrogen-bond acceptors (Lipinski definition) is 6. The molecule has 0 radical (unpaired) electrons. The van der Waals surface area contributed by atoms with Crippen LogP contribution in [-0.2, 0) is 20.0 Å². The fourth-order valence-electron chi connectivity index (χ4n) is 4.97. The number of hydrogen-bond donors (Lipinski definition) is 0. The van der Waals surface area contributed by atoms with Crippen molar-refractivity contribution in [2.75, 3.05) is 19.7 Å². The summed E-state index contributed by atoms with van der Waals surface area (Å²) in [6.07, 6.45) is 6.88. The number of fused-ring (bicyclic) bond motifs is 1. The standard InChI is InChI=1S/C25H33F2N3O3S/c1-25(26,27)16-33-24-28-19-15-30(13-11-22(19)34-24)12-10-17-6-8-18(9-7-17)14-21(31)20-4-3-5-23(32)29(20)2/h3-5,17-18H,6-16H2,1-2H3. The first kappa shape index (κ1) is 25.0. The minimum Gasteiger partial charge on any atom is -0.464 e. The highest BCUT2D eigenvalue weighted by atomic mass is 32.1. The fourth-order valence-corrected chi connectivity index (χ4v) is 5.88. The van der Waals surface area contributed by atoms with E-state index in [1.54, 1.807) is 19.2 Å². The predicted molar refractivity (Wildman–Crippen MR) is 128 cm³/mol. The Kier molecular flexibility index (Phi) is 7.82. The maximum Gasteiger partial charge on any atom is 0.278 e. The maximum absolute atomic E-state index is 13.0. The lowest BCUT2D eigenvalue weighted by atomic mass is 9.78. The van der Waals surface area contributed by atoms with Crippen LogP contribution >= 0.6 is 11.3 Å². The Morgan fingerprint density at radius 2 is 1.97 bits per heavy atom. The monoisotopic (exact) mass is 493 g/mol. The van der Waals surface area contributed by atoms with Crippen LogP contribution in [0, 0.1) is 11.8 Å². The highest BCUT2D eigenvalue weighted by Crippen LogP contribution is 2.34. The van der Waals surface area contributed by atoms with Gasteiger partial charge in [-0.25, -0.2) is 13.8 Å². The van der Waals surface area contributed by atoms with Crippen LogP contribution in [0.5, 0.6) is 5.19 Å². The molecule has 4 rings (SSSR count). The zero-order valence-corrected chi connectivity index (χ0v) is 20.7. The van der Waals surface area contributed by atoms with E-state index < -0.39 is 12.5 Å². The number of alkyl halides is 2. The van der Waals surface area contributed by atoms with Crippen molar-refractivity contribution < 1.29 is 18.3 Å². The normalized spacial score (nSPS) is 21.3. The molecule has 0 spiro atoms. The van der Waals surface area contributed by atoms with Gasteiger partial charge in [0.25, 0.3) is 16.7 Å². The molecular formula is C25H33F2N3O3S. The Balaban J connectivity index is 1.19. The third-order valence-corrected chi connectivity index (χ3v) is 8.07. The van der Waals surface area contributed by atoms with Gasteiger partial charge in [-0.1, -0.05) is 30.2 Å². The SMILES string of the molecule is Cn1c(C(=O)CC2CCC(CCN3CCc4sc(OCC(C)(F)F)nc4C3)CC2)cccc1=O. The van der Waals surface area contributed by atoms with Crippen molar-refractivity contribution >= 4 is 17.1 Å². The second-order valence-corrected chi connectivity index (χ2v) is 10.9. The van der Waals surface area contributed by atoms with Crippen LogP contribution in [0.3, 0.4) is 0 Å². The van der Waals surface area contributed by atoms with E-state index in [-0.39, 0.29) is 11.3 Å². The van der Waals surface area contributed by atoms with Crippen molar-refractivity contribution in [2.24, 2.45) is 18.9 Å². The van der Waals surface area contributed by atoms with Crippen LogP contribution in [0.15, 0.2) is 23.0 Å². The van der Waals surface area contributed by atoms with Crippen molar-refractivity contribution in [2.45, 2.75) is 64.3 Å². The highest BCUT2D eigenvalue weighted by molar-refractivity contribution is 7.13. The van der Waals surface area contributed by atoms with Crippen LogP contribution in [0.25, 0.3) is 0 Å². The molecular weight excluding hydrogens is 460 g/mol. The van der Waals surface area contributed by atoms with E-state index >= 15 is 0 Å². The second-order valence-electron chi connectivity index (χ2n) is 9.85. The molecule has 0 bridgehead atoms. The van der Waals surface area contributed by atoms with Crippen molar-refractivity contribution in [1.82, 2.24) is 14.5 Å². The zero-order chi connectivity index (χ0) is 24.3. The molecule has 1 fully saturated rings. The lowest BCUT2D eigenvalue weighted by Gasteiger charge is -2.31. The van der Waals surface area contributed by atoms with Gasteiger partial charge in [0.15, 0.2) is 12.4 Å². The molecule has 9 heteroatoms. The van der Waals surface area contributed by atoms with Crippen molar-refractivity contribution in [3.63, 3.8) is 0 Å². The molecule has 6 nitrogen and oxygen atoms in total. The first-order valence-electron chi connectivity index (χ1n) is 12.1. The molecule has 2 aromatic rings. The Bertz CT molecular complexity index is 1050. The molecule has 2 aromatic heterocycles. The lowest BCUT2D eigenvalue weighted by molar-refractivity contribution is -0.0230. The summed E-state index contributed by atoms with van der Waals surface area (Å²) in [5.74, 6) is -1.75. The van der Waals surface area contributed by atoms with E-state index in [0.717, 1.165) is 75.7 Å². The quantitative estimate of drug-likeness (QED) is 0.474. The summed E-state index contributed by atoms with van der Waals surface area (Å²) in [6, 6.07) is 4.86. The summed E-state index contributed by atoms with van der Waals surface area (Å²) in [7, 11) is 1.65. The van der Waals surface area contributed by atoms with Crippen molar-refractivity contribution in [1.29, 1.82) is 0 Å². The maximum atomic E-state index is 13.0. The number of thiazole rings is 1. The molecule has 0 unspecified atom stereocenters. The fraction of sp³-hybridized carbons (Fsp3) is 0.640. The molecule has 2 aliphatic rings. The van der Waals surface area contributed by atoms with E-state index in [9.17, 15) is 18.4 Å². The molecule has 1 aliphatic carbocycles. The number of pyridine rings is 1. The van der Waals surface area contributed by atoms with Gasteiger partial charge in [0, 0.05) is 44.4 Å². The average molecular weight is 494 g/mol. The number of halogens is 2. The van der Waals surface area contributed by atoms with Gasteiger partial charge in [-0.15, -0.1) is 0 Å². The molecule has 0 amide bonds. The van der Waals surface area contributed by atoms with Gasteiger partial charge < -0.3 is 9.30 Å². The van der Waals surface area contributed by atoms with Crippen LogP contribution < -0.4 is 10.3 Å². The van der Waals surface area contributed by atoms with Gasteiger partial charge in [0.2, 0.25) is 0 Å². The minimum absolute atomic E-state index is 0.0574. The molecule has 0 atom stereocenters. The van der Waals surface area contributed by atoms with Crippen LogP contribution in [0.4, 0.5) is 8.78 Å². The van der Waals surface area contributed by atoms with Crippen molar-refractivity contribution in [3.8, 4) is 5.19 Å². The topological polar surface area (TPSA) is 64.4 Å². The molecule has 186 valence electrons. The summed E-state index contributed by atoms with van der Waals surface area (Å²) in [5.41, 5.74) is 1.31. The average Bonchev–Trinajstić information content (AvgIpc) is 3.21. The smallest absolute Gasteiger partial charge is 0.278 e. The number of carbonyl (C=O) groups is 1. The molecule has 0 aromatic carbocycles. The van der Waals surface area contributed by atoms with Gasteiger partial charge in [0.05, 0.1) is 11.4 Å². The molecule has 34 heavy (non-hydrogen) atoms. The van der Waals surface area contributed by atoms with Gasteiger partial charge in [-0.2, -0.15) is 0 Å². The van der Waals surface area contributed by atoms with Crippen LogP contribution in [-0.4, -0.2) is 45.9 Å². The van der Waals surface area contributed by atoms with Crippen LogP contribution in [0.1, 0.15) is 66.5 Å². The second kappa shape index (κ2) is 10.6. The lowest BCUT2D eigenvalue weighted by Crippen LogP contribution is -2.32. The van der Waals surface area contributed by atoms with Gasteiger partial charge in [0.1, 0.15) is 0 Å². The van der Waals surface area contributed by atoms with E-state index in [4.69, 9.17) is 4.74 Å². The Labute approximate surface area is 202 Å². The molecule has 0 saturated heterocycles. The number of ketones is 1. The Morgan fingerprint density at radius 1 is 1.24 bits per heavy atom. The molecule has 1 aliphatic heterocycles. The van der Waals surface area contributed by atoms with E-state index in [1.165, 1.54) is 22.0 Å². The summed E-state index contributed by atoms with van der Waals surface area (Å²) < 4.78 is 32.7. The summed E-state index contributed by atoms with van der Waals surface area (Å²) >= 11 is 1.39. The molecule has 3 heterocycles. The summed E-state index contributed by atoms with van der Waals surface area (Å²) in [6.45, 7) is 2.91. The number of Topliss-reactive ketones (excluding diaryl/α,β-unsaturated/α-hetero) is 1. The predicted octanol–water partition coefficient (Wildman–Crippen LogP) is 4.70. The minimum atomic E-state index is -2.86.